The van der Waals surface area contributed by atoms with Crippen molar-refractivity contribution in [2.24, 2.45) is 4.99 Å². The monoisotopic (exact) mass is 468 g/mol. The fourth-order valence-electron chi connectivity index (χ4n) is 2.38. The summed E-state index contributed by atoms with van der Waals surface area (Å²) >= 11 is 0. The number of aliphatic imine (C=N–C) groups is 1. The third-order valence-corrected chi connectivity index (χ3v) is 3.73. The molecule has 0 aliphatic heterocycles. The van der Waals surface area contributed by atoms with Crippen LogP contribution in [0.5, 0.6) is 5.75 Å². The van der Waals surface area contributed by atoms with Crippen molar-refractivity contribution in [2.45, 2.75) is 40.3 Å². The third-order valence-electron chi connectivity index (χ3n) is 3.73. The molecule has 0 saturated heterocycles. The van der Waals surface area contributed by atoms with Crippen molar-refractivity contribution in [3.05, 3.63) is 59.4 Å². The first-order chi connectivity index (χ1) is 12.1. The van der Waals surface area contributed by atoms with Crippen LogP contribution in [-0.4, -0.2) is 30.1 Å². The molecule has 6 heteroatoms. The van der Waals surface area contributed by atoms with Gasteiger partial charge in [-0.2, -0.15) is 0 Å². The van der Waals surface area contributed by atoms with Crippen molar-refractivity contribution in [3.63, 3.8) is 0 Å². The molecule has 1 atom stereocenters. The number of pyridine rings is 1. The number of halogens is 1. The van der Waals surface area contributed by atoms with E-state index in [1.165, 1.54) is 5.56 Å². The molecule has 0 saturated carbocycles. The van der Waals surface area contributed by atoms with Crippen LogP contribution in [0.3, 0.4) is 0 Å². The Bertz CT molecular complexity index is 706. The van der Waals surface area contributed by atoms with Gasteiger partial charge in [-0.05, 0) is 57.0 Å². The van der Waals surface area contributed by atoms with E-state index in [4.69, 9.17) is 4.74 Å². The summed E-state index contributed by atoms with van der Waals surface area (Å²) in [4.78, 5) is 9.00. The van der Waals surface area contributed by atoms with Gasteiger partial charge in [0.2, 0.25) is 0 Å². The second-order valence-corrected chi connectivity index (χ2v) is 6.09. The molecule has 2 aromatic rings. The maximum Gasteiger partial charge on any atom is 0.191 e. The smallest absolute Gasteiger partial charge is 0.191 e. The molecule has 1 aromatic carbocycles. The number of aryl methyl sites for hydroxylation is 2. The van der Waals surface area contributed by atoms with Crippen LogP contribution in [0, 0.1) is 13.8 Å². The predicted octanol–water partition coefficient (Wildman–Crippen LogP) is 3.84. The van der Waals surface area contributed by atoms with E-state index in [1.54, 1.807) is 6.20 Å². The Morgan fingerprint density at radius 1 is 1.19 bits per heavy atom. The number of hydrogen-bond acceptors (Lipinski definition) is 3. The number of guanidine groups is 1. The zero-order valence-corrected chi connectivity index (χ0v) is 18.3. The van der Waals surface area contributed by atoms with Crippen molar-refractivity contribution in [2.75, 3.05) is 13.1 Å². The maximum absolute atomic E-state index is 5.95. The van der Waals surface area contributed by atoms with Crippen molar-refractivity contribution in [1.82, 2.24) is 15.6 Å². The standard InChI is InChI=1S/C20H28N4O.HI/c1-5-21-20(24-14-19-16(3)9-7-11-22-19)23-13-17(4)25-18-10-6-8-15(2)12-18;/h6-12,17H,5,13-14H2,1-4H3,(H2,21,23,24);1H. The van der Waals surface area contributed by atoms with E-state index in [9.17, 15) is 0 Å². The van der Waals surface area contributed by atoms with Gasteiger partial charge in [0.1, 0.15) is 11.9 Å². The summed E-state index contributed by atoms with van der Waals surface area (Å²) in [6, 6.07) is 12.1. The van der Waals surface area contributed by atoms with Gasteiger partial charge in [0, 0.05) is 12.7 Å². The number of nitrogens with one attached hydrogen (secondary N) is 2. The minimum absolute atomic E-state index is 0. The van der Waals surface area contributed by atoms with Crippen LogP contribution in [-0.2, 0) is 6.54 Å². The number of rotatable bonds is 7. The number of ether oxygens (including phenoxy) is 1. The molecule has 0 fully saturated rings. The number of benzene rings is 1. The summed E-state index contributed by atoms with van der Waals surface area (Å²) < 4.78 is 5.95. The van der Waals surface area contributed by atoms with E-state index in [0.29, 0.717) is 13.1 Å². The first kappa shape index (κ1) is 22.2. The van der Waals surface area contributed by atoms with Gasteiger partial charge in [-0.25, -0.2) is 4.99 Å². The summed E-state index contributed by atoms with van der Waals surface area (Å²) in [6.45, 7) is 10.2. The average Bonchev–Trinajstić information content (AvgIpc) is 2.58. The van der Waals surface area contributed by atoms with Gasteiger partial charge in [0.25, 0.3) is 0 Å². The van der Waals surface area contributed by atoms with Crippen molar-refractivity contribution >= 4 is 29.9 Å². The van der Waals surface area contributed by atoms with Crippen molar-refractivity contribution in [3.8, 4) is 5.75 Å². The van der Waals surface area contributed by atoms with E-state index < -0.39 is 0 Å². The number of nitrogens with zero attached hydrogens (tertiary/aromatic N) is 2. The fourth-order valence-corrected chi connectivity index (χ4v) is 2.38. The minimum atomic E-state index is 0. The quantitative estimate of drug-likeness (QED) is 0.369. The molecule has 142 valence electrons. The van der Waals surface area contributed by atoms with E-state index in [2.05, 4.69) is 53.5 Å². The van der Waals surface area contributed by atoms with Crippen molar-refractivity contribution < 1.29 is 4.74 Å². The predicted molar refractivity (Wildman–Crippen MR) is 118 cm³/mol. The van der Waals surface area contributed by atoms with Crippen LogP contribution >= 0.6 is 24.0 Å². The molecular weight excluding hydrogens is 439 g/mol. The molecule has 0 spiro atoms. The second-order valence-electron chi connectivity index (χ2n) is 6.09. The Hall–Kier alpha value is -1.83. The molecule has 1 aromatic heterocycles. The Morgan fingerprint density at radius 2 is 2.00 bits per heavy atom. The van der Waals surface area contributed by atoms with Crippen molar-refractivity contribution in [1.29, 1.82) is 0 Å². The maximum atomic E-state index is 5.95. The average molecular weight is 468 g/mol. The molecule has 2 rings (SSSR count). The van der Waals surface area contributed by atoms with Gasteiger partial charge < -0.3 is 15.4 Å². The van der Waals surface area contributed by atoms with E-state index >= 15 is 0 Å². The highest BCUT2D eigenvalue weighted by atomic mass is 127. The Balaban J connectivity index is 0.00000338. The fraction of sp³-hybridized carbons (Fsp3) is 0.400. The minimum Gasteiger partial charge on any atom is -0.489 e. The van der Waals surface area contributed by atoms with E-state index in [0.717, 1.165) is 29.5 Å². The van der Waals surface area contributed by atoms with Crippen LogP contribution in [0.15, 0.2) is 47.6 Å². The molecular formula is C20H29IN4O. The molecule has 5 nitrogen and oxygen atoms in total. The highest BCUT2D eigenvalue weighted by molar-refractivity contribution is 14.0. The molecule has 0 bridgehead atoms. The van der Waals surface area contributed by atoms with E-state index in [-0.39, 0.29) is 30.1 Å². The first-order valence-corrected chi connectivity index (χ1v) is 8.74. The number of aromatic nitrogens is 1. The lowest BCUT2D eigenvalue weighted by Gasteiger charge is -2.18. The Morgan fingerprint density at radius 3 is 2.69 bits per heavy atom. The molecule has 2 N–H and O–H groups in total. The van der Waals surface area contributed by atoms with E-state index in [1.807, 2.05) is 31.2 Å². The summed E-state index contributed by atoms with van der Waals surface area (Å²) in [7, 11) is 0. The normalized spacial score (nSPS) is 12.1. The van der Waals surface area contributed by atoms with Crippen LogP contribution in [0.25, 0.3) is 0 Å². The van der Waals surface area contributed by atoms with Gasteiger partial charge in [0.05, 0.1) is 18.8 Å². The van der Waals surface area contributed by atoms with Gasteiger partial charge in [-0.3, -0.25) is 4.98 Å². The lowest BCUT2D eigenvalue weighted by molar-refractivity contribution is 0.223. The van der Waals surface area contributed by atoms with Crippen LogP contribution < -0.4 is 15.4 Å². The topological polar surface area (TPSA) is 58.5 Å². The molecule has 0 aliphatic carbocycles. The Kier molecular flexibility index (Phi) is 10.0. The van der Waals surface area contributed by atoms with Crippen LogP contribution in [0.1, 0.15) is 30.7 Å². The Labute approximate surface area is 173 Å². The summed E-state index contributed by atoms with van der Waals surface area (Å²) in [5.41, 5.74) is 3.33. The zero-order chi connectivity index (χ0) is 18.1. The van der Waals surface area contributed by atoms with Gasteiger partial charge >= 0.3 is 0 Å². The molecule has 26 heavy (non-hydrogen) atoms. The second kappa shape index (κ2) is 11.7. The van der Waals surface area contributed by atoms with Crippen LogP contribution in [0.4, 0.5) is 0 Å². The molecule has 1 unspecified atom stereocenters. The summed E-state index contributed by atoms with van der Waals surface area (Å²) in [5, 5.41) is 6.59. The lowest BCUT2D eigenvalue weighted by Crippen LogP contribution is -2.41. The number of hydrogen-bond donors (Lipinski definition) is 2. The van der Waals surface area contributed by atoms with Gasteiger partial charge in [0.15, 0.2) is 5.96 Å². The first-order valence-electron chi connectivity index (χ1n) is 8.74. The molecule has 0 radical (unpaired) electrons. The highest BCUT2D eigenvalue weighted by Crippen LogP contribution is 2.13. The molecule has 0 aliphatic rings. The zero-order valence-electron chi connectivity index (χ0n) is 16.0. The lowest BCUT2D eigenvalue weighted by atomic mass is 10.2. The van der Waals surface area contributed by atoms with Crippen LogP contribution in [0.2, 0.25) is 0 Å². The molecule has 1 heterocycles. The summed E-state index contributed by atoms with van der Waals surface area (Å²) in [6.07, 6.45) is 1.83. The third kappa shape index (κ3) is 7.59. The highest BCUT2D eigenvalue weighted by Gasteiger charge is 2.06. The molecule has 0 amide bonds. The SMILES string of the molecule is CCNC(=NCc1ncccc1C)NCC(C)Oc1cccc(C)c1.I. The van der Waals surface area contributed by atoms with Gasteiger partial charge in [-0.1, -0.05) is 18.2 Å². The summed E-state index contributed by atoms with van der Waals surface area (Å²) in [5.74, 6) is 1.66. The largest absolute Gasteiger partial charge is 0.489 e. The van der Waals surface area contributed by atoms with Gasteiger partial charge in [-0.15, -0.1) is 24.0 Å².